The van der Waals surface area contributed by atoms with E-state index in [0.717, 1.165) is 16.8 Å². The van der Waals surface area contributed by atoms with Gasteiger partial charge in [-0.3, -0.25) is 4.79 Å². The fourth-order valence-electron chi connectivity index (χ4n) is 5.34. The molecule has 0 radical (unpaired) electrons. The standard InChI is InChI=1S/C33H37NO2Si/c1-24-20-21-31(27-14-13-15-28(22-27)34-26(3)35)25(2)32(24)23-36-37(33(4,5)6,29-16-9-7-10-17-29)30-18-11-8-12-19-30/h7-22H,23H2,1-6H3,(H,34,35). The van der Waals surface area contributed by atoms with Gasteiger partial charge >= 0.3 is 0 Å². The Balaban J connectivity index is 1.79. The minimum atomic E-state index is -2.65. The Labute approximate surface area is 222 Å². The third kappa shape index (κ3) is 5.46. The van der Waals surface area contributed by atoms with Crippen molar-refractivity contribution in [1.29, 1.82) is 0 Å². The summed E-state index contributed by atoms with van der Waals surface area (Å²) >= 11 is 0. The van der Waals surface area contributed by atoms with Crippen LogP contribution < -0.4 is 15.7 Å². The zero-order valence-electron chi connectivity index (χ0n) is 22.8. The van der Waals surface area contributed by atoms with Gasteiger partial charge < -0.3 is 9.74 Å². The van der Waals surface area contributed by atoms with Gasteiger partial charge in [0.05, 0.1) is 6.61 Å². The van der Waals surface area contributed by atoms with Gasteiger partial charge in [0.1, 0.15) is 0 Å². The lowest BCUT2D eigenvalue weighted by Crippen LogP contribution is -2.66. The zero-order valence-corrected chi connectivity index (χ0v) is 23.8. The van der Waals surface area contributed by atoms with E-state index in [-0.39, 0.29) is 10.9 Å². The molecule has 3 nitrogen and oxygen atoms in total. The largest absolute Gasteiger partial charge is 0.403 e. The molecule has 1 amide bonds. The zero-order chi connectivity index (χ0) is 26.6. The van der Waals surface area contributed by atoms with Gasteiger partial charge in [-0.05, 0) is 69.2 Å². The van der Waals surface area contributed by atoms with Crippen LogP contribution in [0, 0.1) is 13.8 Å². The van der Waals surface area contributed by atoms with Crippen molar-refractivity contribution in [3.63, 3.8) is 0 Å². The van der Waals surface area contributed by atoms with Gasteiger partial charge in [0, 0.05) is 12.6 Å². The van der Waals surface area contributed by atoms with Crippen molar-refractivity contribution in [1.82, 2.24) is 0 Å². The second-order valence-corrected chi connectivity index (χ2v) is 15.1. The Hall–Kier alpha value is -3.47. The smallest absolute Gasteiger partial charge is 0.261 e. The molecular formula is C33H37NO2Si. The molecule has 0 bridgehead atoms. The van der Waals surface area contributed by atoms with E-state index in [1.807, 2.05) is 18.2 Å². The van der Waals surface area contributed by atoms with Gasteiger partial charge in [-0.25, -0.2) is 0 Å². The molecule has 190 valence electrons. The molecule has 0 atom stereocenters. The second-order valence-electron chi connectivity index (χ2n) is 10.7. The highest BCUT2D eigenvalue weighted by molar-refractivity contribution is 6.99. The monoisotopic (exact) mass is 507 g/mol. The molecule has 4 aromatic rings. The van der Waals surface area contributed by atoms with E-state index in [0.29, 0.717) is 6.61 Å². The fourth-order valence-corrected chi connectivity index (χ4v) is 9.85. The van der Waals surface area contributed by atoms with Crippen molar-refractivity contribution in [3.8, 4) is 11.1 Å². The Morgan fingerprint density at radius 3 is 1.95 bits per heavy atom. The SMILES string of the molecule is CC(=O)Nc1cccc(-c2ccc(C)c(CO[Si](c3ccccc3)(c3ccccc3)C(C)(C)C)c2C)c1. The second kappa shape index (κ2) is 10.9. The number of amides is 1. The van der Waals surface area contributed by atoms with Crippen molar-refractivity contribution < 1.29 is 9.22 Å². The first-order valence-corrected chi connectivity index (χ1v) is 14.8. The van der Waals surface area contributed by atoms with E-state index in [1.54, 1.807) is 0 Å². The predicted octanol–water partition coefficient (Wildman–Crippen LogP) is 7.01. The van der Waals surface area contributed by atoms with E-state index < -0.39 is 8.32 Å². The van der Waals surface area contributed by atoms with Crippen LogP contribution in [0.3, 0.4) is 0 Å². The number of nitrogens with one attached hydrogen (secondary N) is 1. The summed E-state index contributed by atoms with van der Waals surface area (Å²) in [5.74, 6) is -0.0721. The molecule has 0 fully saturated rings. The first-order valence-electron chi connectivity index (χ1n) is 12.9. The van der Waals surface area contributed by atoms with Crippen molar-refractivity contribution in [2.45, 2.75) is 53.2 Å². The summed E-state index contributed by atoms with van der Waals surface area (Å²) < 4.78 is 7.26. The highest BCUT2D eigenvalue weighted by atomic mass is 28.4. The topological polar surface area (TPSA) is 38.3 Å². The lowest BCUT2D eigenvalue weighted by Gasteiger charge is -2.43. The summed E-state index contributed by atoms with van der Waals surface area (Å²) in [6.07, 6.45) is 0. The molecule has 4 heteroatoms. The first-order chi connectivity index (χ1) is 17.6. The van der Waals surface area contributed by atoms with Crippen LogP contribution in [0.5, 0.6) is 0 Å². The third-order valence-corrected chi connectivity index (χ3v) is 12.2. The molecule has 0 heterocycles. The molecule has 0 aliphatic heterocycles. The normalized spacial score (nSPS) is 11.8. The van der Waals surface area contributed by atoms with Crippen LogP contribution in [0.2, 0.25) is 5.04 Å². The number of rotatable bonds is 7. The number of carbonyl (C=O) groups is 1. The summed E-state index contributed by atoms with van der Waals surface area (Å²) in [5, 5.41) is 5.38. The summed E-state index contributed by atoms with van der Waals surface area (Å²) in [4.78, 5) is 11.6. The van der Waals surface area contributed by atoms with E-state index in [9.17, 15) is 4.79 Å². The molecule has 0 unspecified atom stereocenters. The molecule has 4 aromatic carbocycles. The molecule has 0 aliphatic carbocycles. The van der Waals surface area contributed by atoms with Crippen LogP contribution in [-0.2, 0) is 15.8 Å². The lowest BCUT2D eigenvalue weighted by atomic mass is 9.93. The maximum atomic E-state index is 11.6. The molecule has 37 heavy (non-hydrogen) atoms. The predicted molar refractivity (Wildman–Crippen MR) is 158 cm³/mol. The molecule has 0 spiro atoms. The molecule has 4 rings (SSSR count). The fraction of sp³-hybridized carbons (Fsp3) is 0.242. The Morgan fingerprint density at radius 2 is 1.41 bits per heavy atom. The van der Waals surface area contributed by atoms with Crippen molar-refractivity contribution in [3.05, 3.63) is 114 Å². The molecule has 1 N–H and O–H groups in total. The number of aryl methyl sites for hydroxylation is 1. The third-order valence-electron chi connectivity index (χ3n) is 7.18. The maximum absolute atomic E-state index is 11.6. The molecule has 0 aliphatic rings. The van der Waals surface area contributed by atoms with Crippen LogP contribution in [0.1, 0.15) is 44.4 Å². The Bertz CT molecular complexity index is 1340. The number of benzene rings is 4. The maximum Gasteiger partial charge on any atom is 0.261 e. The van der Waals surface area contributed by atoms with Crippen molar-refractivity contribution in [2.24, 2.45) is 0 Å². The van der Waals surface area contributed by atoms with Crippen LogP contribution in [0.15, 0.2) is 97.1 Å². The summed E-state index contributed by atoms with van der Waals surface area (Å²) in [7, 11) is -2.65. The van der Waals surface area contributed by atoms with E-state index in [4.69, 9.17) is 4.43 Å². The highest BCUT2D eigenvalue weighted by Crippen LogP contribution is 2.38. The molecule has 0 saturated heterocycles. The number of hydrogen-bond acceptors (Lipinski definition) is 2. The summed E-state index contributed by atoms with van der Waals surface area (Å²) in [6.45, 7) is 13.3. The Kier molecular flexibility index (Phi) is 7.81. The van der Waals surface area contributed by atoms with Gasteiger partial charge in [-0.15, -0.1) is 0 Å². The van der Waals surface area contributed by atoms with Crippen LogP contribution >= 0.6 is 0 Å². The Morgan fingerprint density at radius 1 is 0.811 bits per heavy atom. The highest BCUT2D eigenvalue weighted by Gasteiger charge is 2.50. The van der Waals surface area contributed by atoms with Gasteiger partial charge in [0.25, 0.3) is 8.32 Å². The minimum absolute atomic E-state index is 0.0721. The average molecular weight is 508 g/mol. The quantitative estimate of drug-likeness (QED) is 0.273. The summed E-state index contributed by atoms with van der Waals surface area (Å²) in [5.41, 5.74) is 6.68. The number of anilines is 1. The van der Waals surface area contributed by atoms with Crippen LogP contribution in [0.4, 0.5) is 5.69 Å². The van der Waals surface area contributed by atoms with Crippen molar-refractivity contribution in [2.75, 3.05) is 5.32 Å². The van der Waals surface area contributed by atoms with Crippen LogP contribution in [-0.4, -0.2) is 14.2 Å². The lowest BCUT2D eigenvalue weighted by molar-refractivity contribution is -0.114. The van der Waals surface area contributed by atoms with Gasteiger partial charge in [0.15, 0.2) is 0 Å². The average Bonchev–Trinajstić information content (AvgIpc) is 2.86. The van der Waals surface area contributed by atoms with Gasteiger partial charge in [0.2, 0.25) is 5.91 Å². The van der Waals surface area contributed by atoms with Crippen molar-refractivity contribution >= 4 is 30.3 Å². The summed E-state index contributed by atoms with van der Waals surface area (Å²) in [6, 6.07) is 33.9. The number of carbonyl (C=O) groups excluding carboxylic acids is 1. The van der Waals surface area contributed by atoms with E-state index >= 15 is 0 Å². The minimum Gasteiger partial charge on any atom is -0.403 e. The molecule has 0 saturated carbocycles. The van der Waals surface area contributed by atoms with Gasteiger partial charge in [-0.1, -0.05) is 106 Å². The van der Waals surface area contributed by atoms with E-state index in [1.165, 1.54) is 34.0 Å². The molecular weight excluding hydrogens is 470 g/mol. The molecule has 0 aromatic heterocycles. The van der Waals surface area contributed by atoms with Crippen LogP contribution in [0.25, 0.3) is 11.1 Å². The first kappa shape index (κ1) is 26.6. The van der Waals surface area contributed by atoms with Gasteiger partial charge in [-0.2, -0.15) is 0 Å². The number of hydrogen-bond donors (Lipinski definition) is 1. The van der Waals surface area contributed by atoms with E-state index in [2.05, 4.69) is 119 Å².